The van der Waals surface area contributed by atoms with E-state index in [9.17, 15) is 27.5 Å². The lowest BCUT2D eigenvalue weighted by Crippen LogP contribution is -2.14. The minimum absolute atomic E-state index is 0.00910. The molecule has 0 saturated heterocycles. The van der Waals surface area contributed by atoms with Gasteiger partial charge in [0.15, 0.2) is 11.5 Å². The first-order valence-electron chi connectivity index (χ1n) is 13.8. The van der Waals surface area contributed by atoms with Crippen LogP contribution in [-0.2, 0) is 29.3 Å². The van der Waals surface area contributed by atoms with E-state index in [1.807, 2.05) is 43.3 Å². The fourth-order valence-corrected chi connectivity index (χ4v) is 7.27. The molecule has 3 N–H and O–H groups in total. The van der Waals surface area contributed by atoms with Crippen LogP contribution in [0.25, 0.3) is 16.4 Å². The maximum absolute atomic E-state index is 14.9. The Hall–Kier alpha value is -4.04. The molecule has 0 aliphatic heterocycles. The average molecular weight is 651 g/mol. The van der Waals surface area contributed by atoms with E-state index in [0.29, 0.717) is 33.6 Å². The second kappa shape index (κ2) is 11.8. The number of aromatic carboxylic acids is 1. The molecule has 3 aromatic heterocycles. The predicted molar refractivity (Wildman–Crippen MR) is 166 cm³/mol. The van der Waals surface area contributed by atoms with E-state index in [4.69, 9.17) is 10.2 Å². The van der Waals surface area contributed by atoms with E-state index < -0.39 is 26.7 Å². The molecule has 44 heavy (non-hydrogen) atoms. The number of carbonyl (C=O) groups excluding carboxylic acids is 1. The number of ketones is 1. The molecule has 226 valence electrons. The fourth-order valence-electron chi connectivity index (χ4n) is 5.10. The first kappa shape index (κ1) is 30.0. The number of hydrogen-bond acceptors (Lipinski definition) is 8. The Morgan fingerprint density at radius 2 is 1.91 bits per heavy atom. The summed E-state index contributed by atoms with van der Waals surface area (Å²) in [6.45, 7) is 1.95. The highest BCUT2D eigenvalue weighted by atomic mass is 32.2. The first-order chi connectivity index (χ1) is 21.0. The van der Waals surface area contributed by atoms with Gasteiger partial charge in [-0.1, -0.05) is 24.3 Å². The van der Waals surface area contributed by atoms with Gasteiger partial charge in [-0.3, -0.25) is 4.79 Å². The minimum atomic E-state index is -4.23. The number of carboxylic acid groups (broad SMARTS) is 1. The van der Waals surface area contributed by atoms with Crippen LogP contribution in [0.15, 0.2) is 64.9 Å². The van der Waals surface area contributed by atoms with Crippen molar-refractivity contribution in [1.82, 2.24) is 14.8 Å². The predicted octanol–water partition coefficient (Wildman–Crippen LogP) is 5.82. The molecule has 0 spiro atoms. The number of benzene rings is 2. The van der Waals surface area contributed by atoms with Gasteiger partial charge in [0.2, 0.25) is 15.2 Å². The summed E-state index contributed by atoms with van der Waals surface area (Å²) < 4.78 is 40.2. The molecule has 13 heteroatoms. The van der Waals surface area contributed by atoms with Gasteiger partial charge in [-0.15, -0.1) is 22.7 Å². The maximum atomic E-state index is 14.9. The number of primary sulfonamides is 1. The summed E-state index contributed by atoms with van der Waals surface area (Å²) in [6, 6.07) is 15.1. The zero-order chi connectivity index (χ0) is 31.2. The number of sulfonamides is 1. The van der Waals surface area contributed by atoms with Crippen LogP contribution in [0.5, 0.6) is 0 Å². The number of aryl methyl sites for hydroxylation is 1. The zero-order valence-corrected chi connectivity index (χ0v) is 25.9. The normalized spacial score (nSPS) is 13.3. The number of nitrogens with zero attached hydrogens (tertiary/aromatic N) is 3. The number of rotatable bonds is 11. The monoisotopic (exact) mass is 650 g/mol. The van der Waals surface area contributed by atoms with Crippen molar-refractivity contribution in [2.75, 3.05) is 0 Å². The van der Waals surface area contributed by atoms with E-state index in [0.717, 1.165) is 63.6 Å². The summed E-state index contributed by atoms with van der Waals surface area (Å²) in [5, 5.41) is 21.5. The molecule has 1 fully saturated rings. The van der Waals surface area contributed by atoms with Crippen LogP contribution >= 0.6 is 22.7 Å². The second-order valence-corrected chi connectivity index (χ2v) is 14.5. The molecule has 1 aliphatic rings. The quantitative estimate of drug-likeness (QED) is 0.171. The van der Waals surface area contributed by atoms with Gasteiger partial charge >= 0.3 is 5.97 Å². The molecule has 6 rings (SSSR count). The molecule has 2 aromatic carbocycles. The van der Waals surface area contributed by atoms with Crippen LogP contribution in [-0.4, -0.2) is 40.0 Å². The van der Waals surface area contributed by atoms with Crippen molar-refractivity contribution in [1.29, 1.82) is 0 Å². The molecule has 1 saturated carbocycles. The van der Waals surface area contributed by atoms with Gasteiger partial charge in [0.25, 0.3) is 0 Å². The Kier molecular flexibility index (Phi) is 8.05. The molecule has 0 unspecified atom stereocenters. The van der Waals surface area contributed by atoms with Crippen LogP contribution in [0.4, 0.5) is 4.39 Å². The van der Waals surface area contributed by atoms with Crippen molar-refractivity contribution in [3.63, 3.8) is 0 Å². The SMILES string of the molecule is Cc1ccc(C(=O)Cc2cccc(-c3nn(-c4nc(C(=O)O)cs4)c(CC4CC4)c3Cc3ccc(S(N)(=O)=O)c(F)c3)c2)s1. The molecule has 1 aliphatic carbocycles. The third-order valence-corrected chi connectivity index (χ3v) is 10.2. The summed E-state index contributed by atoms with van der Waals surface area (Å²) in [5.74, 6) is -1.67. The molecule has 5 aromatic rings. The Morgan fingerprint density at radius 1 is 1.11 bits per heavy atom. The van der Waals surface area contributed by atoms with Crippen molar-refractivity contribution >= 4 is 44.4 Å². The summed E-state index contributed by atoms with van der Waals surface area (Å²) in [7, 11) is -4.23. The number of carbonyl (C=O) groups is 2. The Morgan fingerprint density at radius 3 is 2.55 bits per heavy atom. The van der Waals surface area contributed by atoms with Gasteiger partial charge < -0.3 is 5.11 Å². The Balaban J connectivity index is 1.46. The molecule has 0 amide bonds. The molecular formula is C31H27FN4O5S3. The van der Waals surface area contributed by atoms with E-state index in [1.54, 1.807) is 4.68 Å². The van der Waals surface area contributed by atoms with Crippen LogP contribution in [0, 0.1) is 18.7 Å². The third-order valence-electron chi connectivity index (χ3n) is 7.43. The summed E-state index contributed by atoms with van der Waals surface area (Å²) in [6.07, 6.45) is 3.14. The Bertz CT molecular complexity index is 2020. The molecule has 3 heterocycles. The standard InChI is InChI=1S/C31H27FN4O5S3/c1-17-5-9-27(43-17)26(37)15-19-3-2-4-21(11-19)29-22(12-20-8-10-28(23(32)13-20)44(33,40)41)25(14-18-6-7-18)36(35-29)31-34-24(16-42-31)30(38)39/h2-5,8-11,13,16,18H,6-7,12,14-15H2,1H3,(H,38,39)(H2,33,40,41). The number of thiophene rings is 1. The van der Waals surface area contributed by atoms with E-state index in [2.05, 4.69) is 4.98 Å². The second-order valence-electron chi connectivity index (χ2n) is 10.9. The minimum Gasteiger partial charge on any atom is -0.476 e. The maximum Gasteiger partial charge on any atom is 0.355 e. The van der Waals surface area contributed by atoms with Crippen molar-refractivity contribution in [3.8, 4) is 16.4 Å². The Labute approximate surface area is 260 Å². The highest BCUT2D eigenvalue weighted by Gasteiger charge is 2.30. The molecule has 9 nitrogen and oxygen atoms in total. The molecule has 0 bridgehead atoms. The van der Waals surface area contributed by atoms with Crippen LogP contribution < -0.4 is 5.14 Å². The van der Waals surface area contributed by atoms with E-state index in [1.165, 1.54) is 22.8 Å². The topological polar surface area (TPSA) is 145 Å². The third kappa shape index (κ3) is 6.41. The number of aromatic nitrogens is 3. The van der Waals surface area contributed by atoms with Crippen LogP contribution in [0.1, 0.15) is 60.3 Å². The smallest absolute Gasteiger partial charge is 0.355 e. The molecular weight excluding hydrogens is 624 g/mol. The summed E-state index contributed by atoms with van der Waals surface area (Å²) in [4.78, 5) is 30.1. The van der Waals surface area contributed by atoms with Crippen molar-refractivity contribution in [3.05, 3.63) is 104 Å². The van der Waals surface area contributed by atoms with Crippen LogP contribution in [0.3, 0.4) is 0 Å². The van der Waals surface area contributed by atoms with Gasteiger partial charge in [0, 0.05) is 34.2 Å². The number of thiazole rings is 1. The highest BCUT2D eigenvalue weighted by molar-refractivity contribution is 7.89. The summed E-state index contributed by atoms with van der Waals surface area (Å²) in [5.41, 5.74) is 4.14. The number of halogens is 1. The summed E-state index contributed by atoms with van der Waals surface area (Å²) >= 11 is 2.61. The lowest BCUT2D eigenvalue weighted by atomic mass is 9.95. The number of nitrogens with two attached hydrogens (primary N) is 1. The molecule has 0 atom stereocenters. The van der Waals surface area contributed by atoms with Gasteiger partial charge in [0.1, 0.15) is 10.7 Å². The van der Waals surface area contributed by atoms with Gasteiger partial charge in [-0.2, -0.15) is 5.10 Å². The van der Waals surface area contributed by atoms with Crippen molar-refractivity contribution in [2.24, 2.45) is 11.1 Å². The van der Waals surface area contributed by atoms with Crippen molar-refractivity contribution < 1.29 is 27.5 Å². The van der Waals surface area contributed by atoms with E-state index >= 15 is 0 Å². The lowest BCUT2D eigenvalue weighted by Gasteiger charge is -2.10. The number of hydrogen-bond donors (Lipinski definition) is 2. The van der Waals surface area contributed by atoms with Gasteiger partial charge in [0.05, 0.1) is 16.3 Å². The van der Waals surface area contributed by atoms with Crippen LogP contribution in [0.2, 0.25) is 0 Å². The fraction of sp³-hybridized carbons (Fsp3) is 0.226. The van der Waals surface area contributed by atoms with Gasteiger partial charge in [-0.05, 0) is 73.6 Å². The molecule has 0 radical (unpaired) electrons. The zero-order valence-electron chi connectivity index (χ0n) is 23.5. The van der Waals surface area contributed by atoms with Crippen molar-refractivity contribution in [2.45, 2.75) is 43.9 Å². The van der Waals surface area contributed by atoms with E-state index in [-0.39, 0.29) is 24.3 Å². The number of carboxylic acids is 1. The largest absolute Gasteiger partial charge is 0.476 e. The average Bonchev–Trinajstić information content (AvgIpc) is 3.30. The van der Waals surface area contributed by atoms with Gasteiger partial charge in [-0.25, -0.2) is 32.4 Å². The number of Topliss-reactive ketones (excluding diaryl/α,β-unsaturated/α-hetero) is 1. The lowest BCUT2D eigenvalue weighted by molar-refractivity contribution is 0.0691. The first-order valence-corrected chi connectivity index (χ1v) is 17.0. The highest BCUT2D eigenvalue weighted by Crippen LogP contribution is 2.38.